The van der Waals surface area contributed by atoms with Crippen LogP contribution in [-0.2, 0) is 9.59 Å². The summed E-state index contributed by atoms with van der Waals surface area (Å²) in [6, 6.07) is 18.3. The van der Waals surface area contributed by atoms with E-state index in [1.54, 1.807) is 36.4 Å². The number of nitrogens with one attached hydrogen (secondary N) is 1. The molecule has 0 radical (unpaired) electrons. The molecule has 2 atom stereocenters. The molecule has 0 bridgehead atoms. The van der Waals surface area contributed by atoms with Crippen LogP contribution in [0.2, 0.25) is 15.2 Å². The molecule has 0 aliphatic heterocycles. The molecule has 0 spiro atoms. The number of hydrogen-bond acceptors (Lipinski definition) is 8. The van der Waals surface area contributed by atoms with E-state index in [1.165, 1.54) is 36.4 Å². The van der Waals surface area contributed by atoms with Crippen LogP contribution in [-0.4, -0.2) is 44.3 Å². The van der Waals surface area contributed by atoms with Crippen molar-refractivity contribution in [3.63, 3.8) is 0 Å². The van der Waals surface area contributed by atoms with Crippen LogP contribution in [0, 0.1) is 0 Å². The molecule has 6 rings (SSSR count). The predicted molar refractivity (Wildman–Crippen MR) is 209 cm³/mol. The number of rotatable bonds is 11. The molecule has 4 aromatic carbocycles. The fraction of sp³-hybridized carbons (Fsp3) is 0.0588. The number of nitrogens with zero attached hydrogens (tertiary/aromatic N) is 1. The third-order valence-corrected chi connectivity index (χ3v) is 10.3. The van der Waals surface area contributed by atoms with Gasteiger partial charge >= 0.3 is 11.9 Å². The summed E-state index contributed by atoms with van der Waals surface area (Å²) in [5.74, 6) is -1.87. The van der Waals surface area contributed by atoms with Gasteiger partial charge in [0.2, 0.25) is 17.8 Å². The van der Waals surface area contributed by atoms with E-state index in [4.69, 9.17) is 53.8 Å². The maximum atomic E-state index is 12.4. The molecule has 18 heteroatoms. The number of halogens is 7. The van der Waals surface area contributed by atoms with Crippen LogP contribution in [0.1, 0.15) is 0 Å². The van der Waals surface area contributed by atoms with Crippen LogP contribution in [0.3, 0.4) is 0 Å². The minimum Gasteiger partial charge on any atom is -0.478 e. The van der Waals surface area contributed by atoms with E-state index in [9.17, 15) is 24.6 Å². The summed E-state index contributed by atoms with van der Waals surface area (Å²) in [4.78, 5) is 43.4. The average molecular weight is 1020 g/mol. The van der Waals surface area contributed by atoms with Crippen molar-refractivity contribution in [2.75, 3.05) is 0 Å². The van der Waals surface area contributed by atoms with Crippen molar-refractivity contribution < 1.29 is 38.7 Å². The third kappa shape index (κ3) is 8.46. The first-order chi connectivity index (χ1) is 24.7. The topological polar surface area (TPSA) is 157 Å². The third-order valence-electron chi connectivity index (χ3n) is 7.13. The number of benzene rings is 4. The van der Waals surface area contributed by atoms with E-state index in [2.05, 4.69) is 73.7 Å². The van der Waals surface area contributed by atoms with Crippen LogP contribution in [0.25, 0.3) is 21.8 Å². The van der Waals surface area contributed by atoms with Gasteiger partial charge in [-0.05, 0) is 130 Å². The number of pyridine rings is 2. The number of aromatic amines is 1. The summed E-state index contributed by atoms with van der Waals surface area (Å²) in [5.41, 5.74) is 0.736. The second kappa shape index (κ2) is 15.8. The summed E-state index contributed by atoms with van der Waals surface area (Å²) in [7, 11) is 0. The quantitative estimate of drug-likeness (QED) is 0.107. The monoisotopic (exact) mass is 1020 g/mol. The lowest BCUT2D eigenvalue weighted by atomic mass is 10.2. The van der Waals surface area contributed by atoms with E-state index in [0.29, 0.717) is 62.0 Å². The van der Waals surface area contributed by atoms with Gasteiger partial charge in [0.15, 0.2) is 11.5 Å². The highest BCUT2D eigenvalue weighted by Gasteiger charge is 2.39. The molecule has 2 aromatic heterocycles. The van der Waals surface area contributed by atoms with E-state index in [1.807, 2.05) is 0 Å². The SMILES string of the molecule is O=C(O)C(Oc1cc(Br)c(Oc2ccc3nc(Cl)cc(Cl)c3c2)c(Br)c1)C(Oc1cc(Br)c(Oc2ccc3[nH]c(=O)cc(Cl)c3c2)c(Br)c1)C(=O)O. The van der Waals surface area contributed by atoms with Crippen molar-refractivity contribution in [1.29, 1.82) is 0 Å². The Morgan fingerprint density at radius 3 is 1.60 bits per heavy atom. The molecule has 2 unspecified atom stereocenters. The maximum absolute atomic E-state index is 12.4. The Morgan fingerprint density at radius 2 is 1.10 bits per heavy atom. The first-order valence-electron chi connectivity index (χ1n) is 14.4. The van der Waals surface area contributed by atoms with Crippen molar-refractivity contribution in [2.24, 2.45) is 0 Å². The number of carboxylic acid groups (broad SMARTS) is 2. The zero-order chi connectivity index (χ0) is 37.4. The van der Waals surface area contributed by atoms with Gasteiger partial charge in [-0.2, -0.15) is 0 Å². The fourth-order valence-corrected chi connectivity index (χ4v) is 8.25. The Hall–Kier alpha value is -3.57. The molecule has 11 nitrogen and oxygen atoms in total. The number of aromatic nitrogens is 2. The number of ether oxygens (including phenoxy) is 4. The summed E-state index contributed by atoms with van der Waals surface area (Å²) in [6.45, 7) is 0. The van der Waals surface area contributed by atoms with Crippen LogP contribution < -0.4 is 24.5 Å². The van der Waals surface area contributed by atoms with E-state index in [0.717, 1.165) is 0 Å². The Kier molecular flexibility index (Phi) is 11.6. The van der Waals surface area contributed by atoms with Crippen molar-refractivity contribution in [3.05, 3.63) is 116 Å². The Balaban J connectivity index is 1.21. The largest absolute Gasteiger partial charge is 0.478 e. The fourth-order valence-electron chi connectivity index (χ4n) is 4.87. The van der Waals surface area contributed by atoms with E-state index in [-0.39, 0.29) is 33.0 Å². The molecular weight excluding hydrogens is 1010 g/mol. The highest BCUT2D eigenvalue weighted by atomic mass is 79.9. The second-order valence-corrected chi connectivity index (χ2v) is 15.3. The number of H-pyrrole nitrogens is 1. The Labute approximate surface area is 341 Å². The van der Waals surface area contributed by atoms with Gasteiger partial charge in [0.1, 0.15) is 28.2 Å². The van der Waals surface area contributed by atoms with Crippen LogP contribution in [0.15, 0.2) is 95.5 Å². The van der Waals surface area contributed by atoms with Gasteiger partial charge in [-0.1, -0.05) is 34.8 Å². The van der Waals surface area contributed by atoms with E-state index < -0.39 is 24.1 Å². The van der Waals surface area contributed by atoms with Crippen molar-refractivity contribution >= 4 is 132 Å². The summed E-state index contributed by atoms with van der Waals surface area (Å²) < 4.78 is 24.8. The van der Waals surface area contributed by atoms with Gasteiger partial charge < -0.3 is 34.1 Å². The summed E-state index contributed by atoms with van der Waals surface area (Å²) in [6.07, 6.45) is -4.02. The van der Waals surface area contributed by atoms with Gasteiger partial charge in [-0.25, -0.2) is 14.6 Å². The molecule has 3 N–H and O–H groups in total. The number of carboxylic acids is 2. The lowest BCUT2D eigenvalue weighted by Crippen LogP contribution is -2.47. The molecule has 0 aliphatic carbocycles. The van der Waals surface area contributed by atoms with Gasteiger partial charge in [0.05, 0.1) is 39.0 Å². The lowest BCUT2D eigenvalue weighted by molar-refractivity contribution is -0.161. The zero-order valence-electron chi connectivity index (χ0n) is 25.4. The normalized spacial score (nSPS) is 12.4. The molecule has 0 aliphatic rings. The molecule has 6 aromatic rings. The lowest BCUT2D eigenvalue weighted by Gasteiger charge is -2.24. The molecule has 0 fully saturated rings. The first kappa shape index (κ1) is 38.2. The smallest absolute Gasteiger partial charge is 0.349 e. The van der Waals surface area contributed by atoms with Crippen LogP contribution >= 0.6 is 98.5 Å². The van der Waals surface area contributed by atoms with Crippen molar-refractivity contribution in [3.8, 4) is 34.5 Å². The van der Waals surface area contributed by atoms with E-state index >= 15 is 0 Å². The molecule has 0 saturated carbocycles. The number of hydrogen-bond donors (Lipinski definition) is 3. The Bertz CT molecular complexity index is 2440. The number of carbonyl (C=O) groups is 2. The van der Waals surface area contributed by atoms with Crippen LogP contribution in [0.5, 0.6) is 34.5 Å². The van der Waals surface area contributed by atoms with Crippen LogP contribution in [0.4, 0.5) is 0 Å². The molecular formula is C34H17Br4Cl3N2O9. The van der Waals surface area contributed by atoms with Crippen molar-refractivity contribution in [1.82, 2.24) is 9.97 Å². The minimum absolute atomic E-state index is 0.0144. The molecule has 0 amide bonds. The van der Waals surface area contributed by atoms with Crippen molar-refractivity contribution in [2.45, 2.75) is 12.2 Å². The standard InChI is InChI=1S/C34H17Br4Cl3N2O9/c35-19-7-15(8-20(36)29(19)49-13-1-3-25-17(5-13)23(39)11-27(41)42-25)51-31(33(45)46)32(34(47)48)52-16-9-21(37)30(22(38)10-16)50-14-2-4-26-18(6-14)24(40)12-28(44)43-26/h1-12,31-32H,(H,43,44)(H,45,46)(H,47,48). The maximum Gasteiger partial charge on any atom is 0.349 e. The summed E-state index contributed by atoms with van der Waals surface area (Å²) >= 11 is 32.2. The number of aliphatic carboxylic acids is 2. The molecule has 266 valence electrons. The van der Waals surface area contributed by atoms with Gasteiger partial charge in [0, 0.05) is 16.8 Å². The van der Waals surface area contributed by atoms with Gasteiger partial charge in [-0.3, -0.25) is 4.79 Å². The first-order valence-corrected chi connectivity index (χ1v) is 18.7. The average Bonchev–Trinajstić information content (AvgIpc) is 3.06. The summed E-state index contributed by atoms with van der Waals surface area (Å²) in [5, 5.41) is 22.2. The molecule has 2 heterocycles. The highest BCUT2D eigenvalue weighted by molar-refractivity contribution is 9.11. The predicted octanol–water partition coefficient (Wildman–Crippen LogP) is 11.0. The van der Waals surface area contributed by atoms with Gasteiger partial charge in [-0.15, -0.1) is 0 Å². The molecule has 0 saturated heterocycles. The molecule has 52 heavy (non-hydrogen) atoms. The number of fused-ring (bicyclic) bond motifs is 2. The highest BCUT2D eigenvalue weighted by Crippen LogP contribution is 2.43. The zero-order valence-corrected chi connectivity index (χ0v) is 34.0. The minimum atomic E-state index is -2.01. The second-order valence-electron chi connectivity index (χ2n) is 10.7. The van der Waals surface area contributed by atoms with Gasteiger partial charge in [0.25, 0.3) is 0 Å². The Morgan fingerprint density at radius 1 is 0.635 bits per heavy atom.